The van der Waals surface area contributed by atoms with E-state index >= 15 is 0 Å². The summed E-state index contributed by atoms with van der Waals surface area (Å²) < 4.78 is 12.4. The Hall–Kier alpha value is -5.20. The van der Waals surface area contributed by atoms with Crippen LogP contribution in [0.5, 0.6) is 11.5 Å². The molecule has 1 atom stereocenters. The number of hydrogen-bond acceptors (Lipinski definition) is 8. The van der Waals surface area contributed by atoms with Crippen LogP contribution in [0, 0.1) is 12.8 Å². The number of aromatic nitrogens is 2. The molecule has 0 aliphatic carbocycles. The summed E-state index contributed by atoms with van der Waals surface area (Å²) in [5, 5.41) is 7.42. The van der Waals surface area contributed by atoms with E-state index in [1.807, 2.05) is 58.0 Å². The van der Waals surface area contributed by atoms with Crippen LogP contribution in [0.25, 0.3) is 0 Å². The van der Waals surface area contributed by atoms with Gasteiger partial charge in [0.25, 0.3) is 11.9 Å². The van der Waals surface area contributed by atoms with Gasteiger partial charge in [0.1, 0.15) is 23.8 Å². The fraction of sp³-hybridized carbons (Fsp3) is 0.459. The number of aliphatic carboxylic acids is 1. The van der Waals surface area contributed by atoms with Crippen molar-refractivity contribution in [2.24, 2.45) is 5.92 Å². The van der Waals surface area contributed by atoms with E-state index in [-0.39, 0.29) is 29.8 Å². The Bertz CT molecular complexity index is 1670. The molecule has 0 saturated carbocycles. The van der Waals surface area contributed by atoms with E-state index in [2.05, 4.69) is 16.0 Å². The topological polar surface area (TPSA) is 146 Å². The van der Waals surface area contributed by atoms with E-state index in [1.165, 1.54) is 0 Å². The van der Waals surface area contributed by atoms with Crippen molar-refractivity contribution in [2.45, 2.75) is 45.6 Å². The van der Waals surface area contributed by atoms with Gasteiger partial charge in [-0.2, -0.15) is 0 Å². The summed E-state index contributed by atoms with van der Waals surface area (Å²) in [7, 11) is 3.50. The Morgan fingerprint density at radius 3 is 2.28 bits per heavy atom. The van der Waals surface area contributed by atoms with E-state index in [9.17, 15) is 14.4 Å². The lowest BCUT2D eigenvalue weighted by molar-refractivity contribution is -0.137. The summed E-state index contributed by atoms with van der Waals surface area (Å²) in [5.41, 5.74) is 4.18. The van der Waals surface area contributed by atoms with Crippen LogP contribution in [0.1, 0.15) is 65.1 Å². The lowest BCUT2D eigenvalue weighted by atomic mass is 9.87. The van der Waals surface area contributed by atoms with Crippen LogP contribution in [0.3, 0.4) is 0 Å². The van der Waals surface area contributed by atoms with Crippen LogP contribution in [-0.2, 0) is 16.0 Å². The zero-order valence-electron chi connectivity index (χ0n) is 29.2. The number of carboxylic acid groups (broad SMARTS) is 1. The minimum atomic E-state index is -0.833. The number of carbonyl (C=O) groups is 4. The fourth-order valence-corrected chi connectivity index (χ4v) is 6.61. The van der Waals surface area contributed by atoms with Gasteiger partial charge in [-0.15, -0.1) is 0 Å². The summed E-state index contributed by atoms with van der Waals surface area (Å²) in [6.07, 6.45) is 5.80. The second-order valence-corrected chi connectivity index (χ2v) is 13.0. The van der Waals surface area contributed by atoms with Gasteiger partial charge in [0.15, 0.2) is 0 Å². The number of benzene rings is 2. The third-order valence-corrected chi connectivity index (χ3v) is 9.06. The Balaban J connectivity index is 0.00000115. The van der Waals surface area contributed by atoms with Crippen LogP contribution in [0.4, 0.5) is 4.79 Å². The average molecular weight is 687 g/mol. The smallest absolute Gasteiger partial charge is 0.319 e. The van der Waals surface area contributed by atoms with Gasteiger partial charge in [0.05, 0.1) is 31.1 Å². The molecule has 5 heterocycles. The summed E-state index contributed by atoms with van der Waals surface area (Å²) in [5.74, 6) is 0.458. The van der Waals surface area contributed by atoms with Crippen molar-refractivity contribution in [1.29, 1.82) is 0 Å². The molecule has 4 aliphatic heterocycles. The Kier molecular flexibility index (Phi) is 11.9. The number of carbonyl (C=O) groups excluding carboxylic acids is 3. The molecule has 7 rings (SSSR count). The van der Waals surface area contributed by atoms with Crippen molar-refractivity contribution >= 4 is 23.8 Å². The third-order valence-electron chi connectivity index (χ3n) is 9.06. The molecule has 50 heavy (non-hydrogen) atoms. The van der Waals surface area contributed by atoms with E-state index in [4.69, 9.17) is 19.4 Å². The van der Waals surface area contributed by atoms with E-state index < -0.39 is 5.97 Å². The van der Waals surface area contributed by atoms with Crippen molar-refractivity contribution in [1.82, 2.24) is 29.6 Å². The van der Waals surface area contributed by atoms with Gasteiger partial charge in [-0.05, 0) is 73.6 Å². The first-order chi connectivity index (χ1) is 24.0. The first kappa shape index (κ1) is 36.1. The van der Waals surface area contributed by atoms with Crippen LogP contribution in [0.15, 0.2) is 54.9 Å². The molecule has 4 aliphatic rings. The molecule has 2 aromatic carbocycles. The van der Waals surface area contributed by atoms with Crippen LogP contribution in [-0.4, -0.2) is 119 Å². The molecule has 1 N–H and O–H groups in total. The minimum Gasteiger partial charge on any atom is -0.494 e. The van der Waals surface area contributed by atoms with Crippen molar-refractivity contribution in [2.75, 3.05) is 60.0 Å². The number of aryl methyl sites for hydroxylation is 1. The molecule has 0 spiro atoms. The second kappa shape index (κ2) is 16.5. The third kappa shape index (κ3) is 8.87. The fourth-order valence-electron chi connectivity index (χ4n) is 6.61. The molecule has 13 heteroatoms. The Morgan fingerprint density at radius 1 is 0.860 bits per heavy atom. The number of ether oxygens (including phenoxy) is 2. The first-order valence-corrected chi connectivity index (χ1v) is 17.0. The van der Waals surface area contributed by atoms with Gasteiger partial charge >= 0.3 is 6.03 Å². The number of fused-ring (bicyclic) bond motifs is 8. The number of rotatable bonds is 2. The minimum absolute atomic E-state index is 0.0122. The number of hydrogen-bond donors (Lipinski definition) is 1. The lowest BCUT2D eigenvalue weighted by Crippen LogP contribution is -2.48. The number of urea groups is 1. The predicted octanol–water partition coefficient (Wildman–Crippen LogP) is 4.05. The number of nitrogens with zero attached hydrogens (tertiary/aromatic N) is 6. The van der Waals surface area contributed by atoms with Crippen molar-refractivity contribution in [3.63, 3.8) is 0 Å². The van der Waals surface area contributed by atoms with Gasteiger partial charge < -0.3 is 34.2 Å². The van der Waals surface area contributed by atoms with Crippen molar-refractivity contribution < 1.29 is 33.8 Å². The molecular formula is C37H46N6O7. The maximum atomic E-state index is 13.8. The summed E-state index contributed by atoms with van der Waals surface area (Å²) in [6.45, 7) is 6.42. The predicted molar refractivity (Wildman–Crippen MR) is 185 cm³/mol. The summed E-state index contributed by atoms with van der Waals surface area (Å²) in [4.78, 5) is 64.7. The van der Waals surface area contributed by atoms with E-state index in [0.717, 1.165) is 40.8 Å². The van der Waals surface area contributed by atoms with E-state index in [0.29, 0.717) is 77.3 Å². The molecule has 1 saturated heterocycles. The van der Waals surface area contributed by atoms with Gasteiger partial charge in [0.2, 0.25) is 5.91 Å². The van der Waals surface area contributed by atoms with Crippen molar-refractivity contribution in [3.8, 4) is 11.5 Å². The number of amides is 4. The monoisotopic (exact) mass is 686 g/mol. The largest absolute Gasteiger partial charge is 0.494 e. The summed E-state index contributed by atoms with van der Waals surface area (Å²) >= 11 is 0. The molecule has 266 valence electrons. The van der Waals surface area contributed by atoms with Crippen LogP contribution in [0.2, 0.25) is 0 Å². The highest BCUT2D eigenvalue weighted by atomic mass is 16.5. The molecule has 1 aromatic heterocycles. The first-order valence-electron chi connectivity index (χ1n) is 17.0. The zero-order valence-corrected chi connectivity index (χ0v) is 29.2. The lowest BCUT2D eigenvalue weighted by Gasteiger charge is -2.38. The highest BCUT2D eigenvalue weighted by Crippen LogP contribution is 2.38. The number of piperidine rings is 1. The maximum absolute atomic E-state index is 13.8. The van der Waals surface area contributed by atoms with Gasteiger partial charge in [-0.3, -0.25) is 19.4 Å². The molecule has 0 radical (unpaired) electrons. The highest BCUT2D eigenvalue weighted by molar-refractivity contribution is 5.93. The number of carboxylic acids is 1. The molecular weight excluding hydrogens is 640 g/mol. The molecule has 1 unspecified atom stereocenters. The molecule has 3 aromatic rings. The maximum Gasteiger partial charge on any atom is 0.319 e. The molecule has 6 bridgehead atoms. The number of likely N-dealkylation sites (tertiary alicyclic amines) is 1. The zero-order chi connectivity index (χ0) is 35.8. The average Bonchev–Trinajstić information content (AvgIpc) is 3.11. The standard InChI is InChI=1S/C35H42N6O5.C2H4O2/c1-24-22-37-31(23-36-24)34(43)41-16-12-26-20-29-8-9-30(26)32(41)27-6-4-7-28(21-27)45-18-5-13-39(17-19-46-29)33(42)25-10-14-40(15-11-25)35(44)38(2)3;1-2(3)4/h4,6-9,20-23,25,32H,5,10-19H2,1-3H3;1H3,(H,3,4). The molecule has 4 amide bonds. The van der Waals surface area contributed by atoms with Gasteiger partial charge in [-0.25, -0.2) is 9.78 Å². The normalized spacial score (nSPS) is 17.8. The Labute approximate surface area is 292 Å². The SMILES string of the molecule is CC(=O)O.Cc1cnc(C(=O)N2CCc3cc4ccc3C2c2cccc(c2)OCCCN(C(=O)C2CCN(C(=O)N(C)C)CC2)CCO4)cn1. The van der Waals surface area contributed by atoms with Gasteiger partial charge in [-0.1, -0.05) is 18.2 Å². The van der Waals surface area contributed by atoms with Gasteiger partial charge in [0, 0.05) is 59.3 Å². The van der Waals surface area contributed by atoms with Crippen molar-refractivity contribution in [3.05, 3.63) is 82.9 Å². The quantitative estimate of drug-likeness (QED) is 0.422. The summed E-state index contributed by atoms with van der Waals surface area (Å²) in [6, 6.07) is 13.6. The highest BCUT2D eigenvalue weighted by Gasteiger charge is 2.34. The van der Waals surface area contributed by atoms with Crippen LogP contribution < -0.4 is 9.47 Å². The second-order valence-electron chi connectivity index (χ2n) is 13.0. The van der Waals surface area contributed by atoms with E-state index in [1.54, 1.807) is 31.4 Å². The molecule has 13 nitrogen and oxygen atoms in total. The molecule has 1 fully saturated rings. The van der Waals surface area contributed by atoms with Crippen LogP contribution >= 0.6 is 0 Å². The Morgan fingerprint density at radius 2 is 1.58 bits per heavy atom.